The van der Waals surface area contributed by atoms with E-state index >= 15 is 0 Å². The molecule has 0 spiro atoms. The molecule has 3 heterocycles. The molecule has 1 atom stereocenters. The fraction of sp³-hybridized carbons (Fsp3) is 0.696. The largest absolute Gasteiger partial charge is 0.339 e. The molecular weight excluding hydrogens is 378 g/mol. The van der Waals surface area contributed by atoms with Gasteiger partial charge in [-0.25, -0.2) is 4.79 Å². The molecule has 0 aromatic carbocycles. The Kier molecular flexibility index (Phi) is 5.39. The maximum absolute atomic E-state index is 13.0. The summed E-state index contributed by atoms with van der Waals surface area (Å²) in [5, 5.41) is 11.0. The Morgan fingerprint density at radius 1 is 1.27 bits per heavy atom. The number of urea groups is 1. The first-order valence-electron chi connectivity index (χ1n) is 11.6. The molecule has 7 heteroatoms. The van der Waals surface area contributed by atoms with Crippen molar-refractivity contribution < 1.29 is 9.32 Å². The van der Waals surface area contributed by atoms with Crippen molar-refractivity contribution in [2.45, 2.75) is 75.7 Å². The van der Waals surface area contributed by atoms with Crippen LogP contribution in [0.2, 0.25) is 0 Å². The number of hydrogen-bond acceptors (Lipinski definition) is 5. The second kappa shape index (κ2) is 8.17. The van der Waals surface area contributed by atoms with Gasteiger partial charge in [-0.2, -0.15) is 4.98 Å². The molecule has 2 fully saturated rings. The highest BCUT2D eigenvalue weighted by atomic mass is 16.5. The Hall–Kier alpha value is -2.15. The summed E-state index contributed by atoms with van der Waals surface area (Å²) in [6.07, 6.45) is 13.0. The van der Waals surface area contributed by atoms with Gasteiger partial charge in [-0.3, -0.25) is 0 Å². The molecular formula is C23H33N5O2. The highest BCUT2D eigenvalue weighted by Gasteiger charge is 2.39. The molecule has 7 nitrogen and oxygen atoms in total. The van der Waals surface area contributed by atoms with Gasteiger partial charge in [0.15, 0.2) is 5.82 Å². The van der Waals surface area contributed by atoms with E-state index in [1.54, 1.807) is 0 Å². The van der Waals surface area contributed by atoms with Crippen LogP contribution in [0, 0.1) is 0 Å². The van der Waals surface area contributed by atoms with Gasteiger partial charge >= 0.3 is 6.03 Å². The van der Waals surface area contributed by atoms with Gasteiger partial charge in [-0.05, 0) is 69.1 Å². The first-order valence-corrected chi connectivity index (χ1v) is 11.6. The molecule has 2 N–H and O–H groups in total. The van der Waals surface area contributed by atoms with E-state index in [0.717, 1.165) is 89.3 Å². The number of likely N-dealkylation sites (tertiary alicyclic amines) is 1. The van der Waals surface area contributed by atoms with Crippen molar-refractivity contribution in [3.05, 3.63) is 35.0 Å². The summed E-state index contributed by atoms with van der Waals surface area (Å²) < 4.78 is 5.48. The van der Waals surface area contributed by atoms with Crippen LogP contribution in [0.1, 0.15) is 75.9 Å². The Bertz CT molecular complexity index is 846. The van der Waals surface area contributed by atoms with Gasteiger partial charge in [0.2, 0.25) is 5.89 Å². The van der Waals surface area contributed by atoms with Crippen LogP contribution in [-0.2, 0) is 5.41 Å². The number of rotatable bonds is 4. The predicted octanol–water partition coefficient (Wildman–Crippen LogP) is 3.41. The summed E-state index contributed by atoms with van der Waals surface area (Å²) in [7, 11) is 0. The summed E-state index contributed by atoms with van der Waals surface area (Å²) in [6.45, 7) is 5.61. The van der Waals surface area contributed by atoms with Crippen LogP contribution in [0.4, 0.5) is 4.79 Å². The first kappa shape index (κ1) is 19.8. The molecule has 1 aromatic heterocycles. The third-order valence-electron chi connectivity index (χ3n) is 7.23. The van der Waals surface area contributed by atoms with E-state index in [1.165, 1.54) is 11.1 Å². The average Bonchev–Trinajstić information content (AvgIpc) is 3.51. The second-order valence-corrected chi connectivity index (χ2v) is 9.55. The lowest BCUT2D eigenvalue weighted by atomic mass is 9.79. The fourth-order valence-corrected chi connectivity index (χ4v) is 4.91. The third kappa shape index (κ3) is 4.04. The maximum atomic E-state index is 13.0. The van der Waals surface area contributed by atoms with Crippen molar-refractivity contribution in [2.75, 3.05) is 26.2 Å². The zero-order valence-electron chi connectivity index (χ0n) is 18.0. The van der Waals surface area contributed by atoms with Gasteiger partial charge in [0.25, 0.3) is 0 Å². The van der Waals surface area contributed by atoms with Gasteiger partial charge < -0.3 is 20.1 Å². The lowest BCUT2D eigenvalue weighted by molar-refractivity contribution is 0.156. The average molecular weight is 412 g/mol. The minimum Gasteiger partial charge on any atom is -0.339 e. The van der Waals surface area contributed by atoms with Crippen molar-refractivity contribution in [1.29, 1.82) is 0 Å². The summed E-state index contributed by atoms with van der Waals surface area (Å²) in [6, 6.07) is 0.207. The van der Waals surface area contributed by atoms with E-state index in [2.05, 4.69) is 39.8 Å². The molecule has 1 saturated heterocycles. The van der Waals surface area contributed by atoms with Crippen LogP contribution < -0.4 is 10.6 Å². The molecule has 4 aliphatic rings. The number of amides is 2. The normalized spacial score (nSPS) is 26.7. The standard InChI is InChI=1S/C23H33N5O2/c1-23(21-26-20(30-27-21)17-6-7-17)10-14-28(15-11-23)22(29)25-19-5-3-2-4-18(19)16-8-12-24-13-9-16/h4,8,17,19,24H,2-3,5-7,9-15H2,1H3,(H,25,29). The SMILES string of the molecule is CC1(c2noc(C3CC3)n2)CCN(C(=O)NC2CCCC=C2C2=CCNCC2)CC1. The third-order valence-corrected chi connectivity index (χ3v) is 7.23. The number of nitrogens with one attached hydrogen (secondary N) is 2. The van der Waals surface area contributed by atoms with Crippen molar-refractivity contribution in [2.24, 2.45) is 0 Å². The van der Waals surface area contributed by atoms with Crippen LogP contribution in [0.25, 0.3) is 0 Å². The summed E-state index contributed by atoms with van der Waals surface area (Å²) >= 11 is 0. The molecule has 2 amide bonds. The molecule has 30 heavy (non-hydrogen) atoms. The minimum absolute atomic E-state index is 0.0659. The van der Waals surface area contributed by atoms with E-state index in [-0.39, 0.29) is 17.5 Å². The smallest absolute Gasteiger partial charge is 0.317 e. The van der Waals surface area contributed by atoms with Crippen molar-refractivity contribution in [3.8, 4) is 0 Å². The number of hydrogen-bond donors (Lipinski definition) is 2. The molecule has 0 radical (unpaired) electrons. The number of allylic oxidation sites excluding steroid dienone is 1. The van der Waals surface area contributed by atoms with Crippen LogP contribution in [-0.4, -0.2) is 53.3 Å². The second-order valence-electron chi connectivity index (χ2n) is 9.55. The minimum atomic E-state index is -0.108. The summed E-state index contributed by atoms with van der Waals surface area (Å²) in [4.78, 5) is 19.7. The molecule has 0 bridgehead atoms. The van der Waals surface area contributed by atoms with Gasteiger partial charge in [0.1, 0.15) is 0 Å². The van der Waals surface area contributed by atoms with Gasteiger partial charge in [0.05, 0.1) is 6.04 Å². The van der Waals surface area contributed by atoms with Crippen LogP contribution in [0.3, 0.4) is 0 Å². The van der Waals surface area contributed by atoms with Gasteiger partial charge in [-0.15, -0.1) is 0 Å². The van der Waals surface area contributed by atoms with Crippen molar-refractivity contribution in [3.63, 3.8) is 0 Å². The molecule has 5 rings (SSSR count). The van der Waals surface area contributed by atoms with Gasteiger partial charge in [-0.1, -0.05) is 24.2 Å². The fourth-order valence-electron chi connectivity index (χ4n) is 4.91. The topological polar surface area (TPSA) is 83.3 Å². The molecule has 162 valence electrons. The van der Waals surface area contributed by atoms with Crippen LogP contribution >= 0.6 is 0 Å². The van der Waals surface area contributed by atoms with E-state index in [0.29, 0.717) is 5.92 Å². The summed E-state index contributed by atoms with van der Waals surface area (Å²) in [5.41, 5.74) is 2.65. The number of nitrogens with zero attached hydrogens (tertiary/aromatic N) is 3. The van der Waals surface area contributed by atoms with Crippen LogP contribution in [0.5, 0.6) is 0 Å². The van der Waals surface area contributed by atoms with Crippen molar-refractivity contribution >= 4 is 6.03 Å². The molecule has 1 saturated carbocycles. The van der Waals surface area contributed by atoms with E-state index in [1.807, 2.05) is 4.90 Å². The van der Waals surface area contributed by atoms with Gasteiger partial charge in [0, 0.05) is 31.0 Å². The van der Waals surface area contributed by atoms with Crippen molar-refractivity contribution in [1.82, 2.24) is 25.7 Å². The quantitative estimate of drug-likeness (QED) is 0.793. The molecule has 1 aromatic rings. The zero-order valence-corrected chi connectivity index (χ0v) is 18.0. The Balaban J connectivity index is 1.19. The Labute approximate surface area is 178 Å². The van der Waals surface area contributed by atoms with E-state index < -0.39 is 0 Å². The number of carbonyl (C=O) groups excluding carboxylic acids is 1. The first-order chi connectivity index (χ1) is 14.6. The highest BCUT2D eigenvalue weighted by Crippen LogP contribution is 2.41. The lowest BCUT2D eigenvalue weighted by Gasteiger charge is -2.38. The Morgan fingerprint density at radius 3 is 2.83 bits per heavy atom. The maximum Gasteiger partial charge on any atom is 0.317 e. The van der Waals surface area contributed by atoms with E-state index in [9.17, 15) is 4.79 Å². The monoisotopic (exact) mass is 411 g/mol. The zero-order chi connectivity index (χ0) is 20.6. The predicted molar refractivity (Wildman–Crippen MR) is 114 cm³/mol. The molecule has 1 unspecified atom stereocenters. The lowest BCUT2D eigenvalue weighted by Crippen LogP contribution is -2.51. The number of carbonyl (C=O) groups is 1. The van der Waals surface area contributed by atoms with Crippen LogP contribution in [0.15, 0.2) is 27.8 Å². The molecule has 2 aliphatic carbocycles. The van der Waals surface area contributed by atoms with E-state index in [4.69, 9.17) is 4.52 Å². The molecule has 2 aliphatic heterocycles. The Morgan fingerprint density at radius 2 is 2.10 bits per heavy atom. The number of aromatic nitrogens is 2. The number of piperidine rings is 1. The summed E-state index contributed by atoms with van der Waals surface area (Å²) in [5.74, 6) is 2.10. The highest BCUT2D eigenvalue weighted by molar-refractivity contribution is 5.75.